The summed E-state index contributed by atoms with van der Waals surface area (Å²) < 4.78 is 35.5. The van der Waals surface area contributed by atoms with E-state index in [0.717, 1.165) is 74.9 Å². The SMILES string of the molecule is O=C(NC1CCCCC1)NS(=O)(=O)c1cccc2c1C/C(=C/CCN1CCC(O)(c3ccc(Cl)cc3)CC1)c1cccnc1O2. The second-order valence-electron chi connectivity index (χ2n) is 12.2. The summed E-state index contributed by atoms with van der Waals surface area (Å²) in [6.45, 7) is 2.29. The molecule has 1 saturated heterocycles. The third kappa shape index (κ3) is 7.35. The molecule has 2 fully saturated rings. The lowest BCUT2D eigenvalue weighted by Crippen LogP contribution is -2.45. The number of urea groups is 1. The van der Waals surface area contributed by atoms with Crippen molar-refractivity contribution < 1.29 is 23.1 Å². The number of amides is 2. The maximum Gasteiger partial charge on any atom is 0.328 e. The van der Waals surface area contributed by atoms with Gasteiger partial charge in [0.2, 0.25) is 5.88 Å². The number of ether oxygens (including phenoxy) is 1. The molecule has 3 heterocycles. The Hall–Kier alpha value is -3.44. The summed E-state index contributed by atoms with van der Waals surface area (Å²) in [6.07, 6.45) is 10.9. The zero-order valence-corrected chi connectivity index (χ0v) is 26.7. The van der Waals surface area contributed by atoms with Gasteiger partial charge in [-0.05, 0) is 79.6 Å². The van der Waals surface area contributed by atoms with Crippen LogP contribution in [0.25, 0.3) is 5.57 Å². The highest BCUT2D eigenvalue weighted by Crippen LogP contribution is 2.40. The largest absolute Gasteiger partial charge is 0.438 e. The van der Waals surface area contributed by atoms with Crippen LogP contribution in [0, 0.1) is 0 Å². The van der Waals surface area contributed by atoms with Crippen LogP contribution in [-0.2, 0) is 22.0 Å². The van der Waals surface area contributed by atoms with Crippen LogP contribution < -0.4 is 14.8 Å². The molecule has 0 spiro atoms. The highest BCUT2D eigenvalue weighted by atomic mass is 35.5. The Morgan fingerprint density at radius 3 is 2.58 bits per heavy atom. The molecule has 2 amide bonds. The first-order valence-corrected chi connectivity index (χ1v) is 17.5. The van der Waals surface area contributed by atoms with Crippen LogP contribution in [-0.4, -0.2) is 55.1 Å². The van der Waals surface area contributed by atoms with Gasteiger partial charge in [-0.2, -0.15) is 0 Å². The lowest BCUT2D eigenvalue weighted by atomic mass is 9.84. The standard InChI is InChI=1S/C34H39ClN4O5S/c35-26-15-13-25(14-16-26)34(41)17-21-39(22-18-34)20-6-7-24-23-29-30(44-32-28(24)10-5-19-36-32)11-4-12-31(29)45(42,43)38-33(40)37-27-8-2-1-3-9-27/h4-5,7,10-16,19,27,41H,1-3,6,8-9,17-18,20-23H2,(H2,37,38,40)/b24-7-. The van der Waals surface area contributed by atoms with Crippen LogP contribution in [0.1, 0.15) is 68.1 Å². The van der Waals surface area contributed by atoms with E-state index in [2.05, 4.69) is 26.0 Å². The van der Waals surface area contributed by atoms with Crippen molar-refractivity contribution in [3.8, 4) is 11.6 Å². The molecule has 238 valence electrons. The number of benzene rings is 2. The summed E-state index contributed by atoms with van der Waals surface area (Å²) in [7, 11) is -4.18. The van der Waals surface area contributed by atoms with Crippen molar-refractivity contribution in [1.82, 2.24) is 19.9 Å². The molecule has 3 N–H and O–H groups in total. The first-order chi connectivity index (χ1) is 21.7. The lowest BCUT2D eigenvalue weighted by molar-refractivity contribution is -0.0254. The van der Waals surface area contributed by atoms with E-state index in [1.165, 1.54) is 6.07 Å². The lowest BCUT2D eigenvalue weighted by Gasteiger charge is -2.38. The van der Waals surface area contributed by atoms with Crippen molar-refractivity contribution in [3.05, 3.63) is 88.6 Å². The quantitative estimate of drug-likeness (QED) is 0.280. The molecule has 0 radical (unpaired) electrons. The molecule has 0 bridgehead atoms. The van der Waals surface area contributed by atoms with Gasteiger partial charge in [-0.25, -0.2) is 22.9 Å². The fraction of sp³-hybridized carbons (Fsp3) is 0.412. The number of sulfonamides is 1. The van der Waals surface area contributed by atoms with Crippen LogP contribution in [0.15, 0.2) is 71.8 Å². The van der Waals surface area contributed by atoms with Gasteiger partial charge in [-0.1, -0.05) is 55.1 Å². The monoisotopic (exact) mass is 650 g/mol. The van der Waals surface area contributed by atoms with Gasteiger partial charge >= 0.3 is 6.03 Å². The Balaban J connectivity index is 1.17. The van der Waals surface area contributed by atoms with Gasteiger partial charge in [-0.15, -0.1) is 0 Å². The van der Waals surface area contributed by atoms with Crippen molar-refractivity contribution in [1.29, 1.82) is 0 Å². The third-order valence-corrected chi connectivity index (χ3v) is 10.8. The highest BCUT2D eigenvalue weighted by Gasteiger charge is 2.34. The molecule has 1 aromatic heterocycles. The predicted octanol–water partition coefficient (Wildman–Crippen LogP) is 6.16. The molecular weight excluding hydrogens is 612 g/mol. The van der Waals surface area contributed by atoms with E-state index in [1.54, 1.807) is 18.3 Å². The van der Waals surface area contributed by atoms with Gasteiger partial charge in [0.1, 0.15) is 5.75 Å². The van der Waals surface area contributed by atoms with Gasteiger partial charge in [0.15, 0.2) is 0 Å². The Morgan fingerprint density at radius 1 is 1.07 bits per heavy atom. The number of rotatable bonds is 7. The second-order valence-corrected chi connectivity index (χ2v) is 14.3. The number of nitrogens with one attached hydrogen (secondary N) is 2. The van der Waals surface area contributed by atoms with E-state index < -0.39 is 21.7 Å². The molecule has 2 aromatic carbocycles. The number of hydrogen-bond acceptors (Lipinski definition) is 7. The molecular formula is C34H39ClN4O5S. The maximum absolute atomic E-state index is 13.5. The number of allylic oxidation sites excluding steroid dienone is 1. The number of aliphatic hydroxyl groups is 1. The molecule has 11 heteroatoms. The minimum atomic E-state index is -4.18. The van der Waals surface area contributed by atoms with Gasteiger partial charge in [0.05, 0.1) is 10.5 Å². The van der Waals surface area contributed by atoms with E-state index in [4.69, 9.17) is 16.3 Å². The zero-order valence-electron chi connectivity index (χ0n) is 25.2. The topological polar surface area (TPSA) is 121 Å². The number of aromatic nitrogens is 1. The van der Waals surface area contributed by atoms with Crippen molar-refractivity contribution in [2.75, 3.05) is 19.6 Å². The van der Waals surface area contributed by atoms with Crippen molar-refractivity contribution in [2.24, 2.45) is 0 Å². The van der Waals surface area contributed by atoms with Crippen molar-refractivity contribution in [2.45, 2.75) is 74.3 Å². The molecule has 3 aromatic rings. The average molecular weight is 651 g/mol. The molecule has 1 saturated carbocycles. The van der Waals surface area contributed by atoms with Gasteiger partial charge in [-0.3, -0.25) is 0 Å². The molecule has 2 aliphatic heterocycles. The van der Waals surface area contributed by atoms with E-state index in [0.29, 0.717) is 41.5 Å². The Labute approximate surface area is 269 Å². The summed E-state index contributed by atoms with van der Waals surface area (Å²) in [5.41, 5.74) is 2.21. The number of piperidine rings is 1. The average Bonchev–Trinajstić information content (AvgIpc) is 3.19. The third-order valence-electron chi connectivity index (χ3n) is 9.14. The van der Waals surface area contributed by atoms with Crippen LogP contribution in [0.5, 0.6) is 11.6 Å². The van der Waals surface area contributed by atoms with Crippen LogP contribution in [0.3, 0.4) is 0 Å². The number of halogens is 1. The zero-order chi connectivity index (χ0) is 31.4. The Kier molecular flexibility index (Phi) is 9.46. The normalized spacial score (nSPS) is 19.6. The molecule has 45 heavy (non-hydrogen) atoms. The van der Waals surface area contributed by atoms with Gasteiger partial charge < -0.3 is 20.1 Å². The molecule has 6 rings (SSSR count). The number of hydrogen-bond donors (Lipinski definition) is 3. The summed E-state index contributed by atoms with van der Waals surface area (Å²) in [5.74, 6) is 0.803. The minimum Gasteiger partial charge on any atom is -0.438 e. The smallest absolute Gasteiger partial charge is 0.328 e. The summed E-state index contributed by atoms with van der Waals surface area (Å²) in [5, 5.41) is 14.7. The number of carbonyl (C=O) groups excluding carboxylic acids is 1. The van der Waals surface area contributed by atoms with Crippen molar-refractivity contribution in [3.63, 3.8) is 0 Å². The molecule has 0 atom stereocenters. The van der Waals surface area contributed by atoms with E-state index in [9.17, 15) is 18.3 Å². The van der Waals surface area contributed by atoms with Gasteiger partial charge in [0, 0.05) is 54.4 Å². The van der Waals surface area contributed by atoms with Crippen molar-refractivity contribution >= 4 is 33.2 Å². The van der Waals surface area contributed by atoms with Crippen LogP contribution in [0.2, 0.25) is 5.02 Å². The predicted molar refractivity (Wildman–Crippen MR) is 174 cm³/mol. The number of fused-ring (bicyclic) bond motifs is 2. The number of nitrogens with zero attached hydrogens (tertiary/aromatic N) is 2. The molecule has 0 unspecified atom stereocenters. The van der Waals surface area contributed by atoms with Crippen LogP contribution >= 0.6 is 11.6 Å². The Morgan fingerprint density at radius 2 is 1.82 bits per heavy atom. The summed E-state index contributed by atoms with van der Waals surface area (Å²) >= 11 is 6.04. The molecule has 1 aliphatic carbocycles. The fourth-order valence-electron chi connectivity index (χ4n) is 6.61. The number of likely N-dealkylation sites (tertiary alicyclic amines) is 1. The van der Waals surface area contributed by atoms with E-state index in [1.807, 2.05) is 36.4 Å². The van der Waals surface area contributed by atoms with E-state index >= 15 is 0 Å². The molecule has 9 nitrogen and oxygen atoms in total. The highest BCUT2D eigenvalue weighted by molar-refractivity contribution is 7.90. The number of carbonyl (C=O) groups is 1. The fourth-order valence-corrected chi connectivity index (χ4v) is 7.90. The first-order valence-electron chi connectivity index (χ1n) is 15.7. The second kappa shape index (κ2) is 13.5. The number of pyridine rings is 1. The van der Waals surface area contributed by atoms with E-state index in [-0.39, 0.29) is 10.9 Å². The summed E-state index contributed by atoms with van der Waals surface area (Å²) in [4.78, 5) is 19.5. The minimum absolute atomic E-state index is 0.00927. The van der Waals surface area contributed by atoms with Crippen LogP contribution in [0.4, 0.5) is 4.79 Å². The molecule has 3 aliphatic rings. The maximum atomic E-state index is 13.5. The van der Waals surface area contributed by atoms with Gasteiger partial charge in [0.25, 0.3) is 10.0 Å². The Bertz CT molecular complexity index is 1660. The first kappa shape index (κ1) is 31.5. The summed E-state index contributed by atoms with van der Waals surface area (Å²) in [6, 6.07) is 15.3.